The molecule has 0 saturated carbocycles. The molecule has 0 aromatic heterocycles. The SMILES string of the molecule is CCCCC1(O)CC=Cc2ccccc21. The Morgan fingerprint density at radius 1 is 1.33 bits per heavy atom. The summed E-state index contributed by atoms with van der Waals surface area (Å²) in [5.41, 5.74) is 1.64. The number of aliphatic hydroxyl groups is 1. The highest BCUT2D eigenvalue weighted by molar-refractivity contribution is 5.58. The van der Waals surface area contributed by atoms with Crippen molar-refractivity contribution in [2.45, 2.75) is 38.2 Å². The average Bonchev–Trinajstić information content (AvgIpc) is 2.27. The van der Waals surface area contributed by atoms with E-state index in [4.69, 9.17) is 0 Å². The third-order valence-corrected chi connectivity index (χ3v) is 3.16. The minimum Gasteiger partial charge on any atom is -0.385 e. The Bertz CT molecular complexity index is 367. The van der Waals surface area contributed by atoms with Crippen LogP contribution in [-0.4, -0.2) is 5.11 Å². The predicted octanol–water partition coefficient (Wildman–Crippen LogP) is 3.48. The Kier molecular flexibility index (Phi) is 2.92. The molecule has 0 saturated heterocycles. The van der Waals surface area contributed by atoms with Gasteiger partial charge in [-0.25, -0.2) is 0 Å². The third-order valence-electron chi connectivity index (χ3n) is 3.16. The summed E-state index contributed by atoms with van der Waals surface area (Å²) >= 11 is 0. The fourth-order valence-electron chi connectivity index (χ4n) is 2.26. The molecule has 1 aromatic rings. The van der Waals surface area contributed by atoms with Crippen LogP contribution in [0.3, 0.4) is 0 Å². The van der Waals surface area contributed by atoms with Crippen molar-refractivity contribution < 1.29 is 5.11 Å². The van der Waals surface area contributed by atoms with Crippen molar-refractivity contribution >= 4 is 6.08 Å². The molecule has 1 aromatic carbocycles. The van der Waals surface area contributed by atoms with Crippen molar-refractivity contribution in [1.82, 2.24) is 0 Å². The normalized spacial score (nSPS) is 23.9. The van der Waals surface area contributed by atoms with Crippen LogP contribution in [0.2, 0.25) is 0 Å². The molecule has 0 spiro atoms. The highest BCUT2D eigenvalue weighted by atomic mass is 16.3. The maximum atomic E-state index is 10.6. The van der Waals surface area contributed by atoms with Crippen LogP contribution in [0.5, 0.6) is 0 Å². The fraction of sp³-hybridized carbons (Fsp3) is 0.429. The van der Waals surface area contributed by atoms with Gasteiger partial charge in [0, 0.05) is 0 Å². The molecule has 2 rings (SSSR count). The summed E-state index contributed by atoms with van der Waals surface area (Å²) in [6.07, 6.45) is 8.02. The highest BCUT2D eigenvalue weighted by Gasteiger charge is 2.30. The van der Waals surface area contributed by atoms with Crippen LogP contribution >= 0.6 is 0 Å². The number of fused-ring (bicyclic) bond motifs is 1. The Morgan fingerprint density at radius 2 is 2.13 bits per heavy atom. The van der Waals surface area contributed by atoms with Crippen molar-refractivity contribution in [3.05, 3.63) is 41.5 Å². The van der Waals surface area contributed by atoms with Gasteiger partial charge in [0.15, 0.2) is 0 Å². The van der Waals surface area contributed by atoms with Crippen LogP contribution in [0, 0.1) is 0 Å². The first kappa shape index (κ1) is 10.4. The minimum absolute atomic E-state index is 0.624. The van der Waals surface area contributed by atoms with E-state index in [2.05, 4.69) is 31.2 Å². The van der Waals surface area contributed by atoms with Crippen LogP contribution in [0.4, 0.5) is 0 Å². The van der Waals surface area contributed by atoms with Crippen molar-refractivity contribution in [1.29, 1.82) is 0 Å². The maximum Gasteiger partial charge on any atom is 0.0936 e. The molecule has 0 heterocycles. The maximum absolute atomic E-state index is 10.6. The van der Waals surface area contributed by atoms with Gasteiger partial charge in [0.25, 0.3) is 0 Å². The molecular formula is C14H18O. The predicted molar refractivity (Wildman–Crippen MR) is 63.5 cm³/mol. The molecule has 1 N–H and O–H groups in total. The van der Waals surface area contributed by atoms with Gasteiger partial charge >= 0.3 is 0 Å². The standard InChI is InChI=1S/C14H18O/c1-2-3-10-14(15)11-6-8-12-7-4-5-9-13(12)14/h4-9,15H,2-3,10-11H2,1H3. The molecule has 80 valence electrons. The second kappa shape index (κ2) is 4.19. The lowest BCUT2D eigenvalue weighted by atomic mass is 9.80. The number of rotatable bonds is 3. The number of hydrogen-bond acceptors (Lipinski definition) is 1. The van der Waals surface area contributed by atoms with Crippen LogP contribution < -0.4 is 0 Å². The van der Waals surface area contributed by atoms with Crippen molar-refractivity contribution in [2.24, 2.45) is 0 Å². The summed E-state index contributed by atoms with van der Waals surface area (Å²) in [6, 6.07) is 8.15. The first-order valence-corrected chi connectivity index (χ1v) is 5.75. The monoisotopic (exact) mass is 202 g/mol. The van der Waals surface area contributed by atoms with Gasteiger partial charge in [0.05, 0.1) is 5.60 Å². The van der Waals surface area contributed by atoms with E-state index in [9.17, 15) is 5.11 Å². The van der Waals surface area contributed by atoms with E-state index in [1.165, 1.54) is 5.56 Å². The first-order valence-electron chi connectivity index (χ1n) is 5.75. The van der Waals surface area contributed by atoms with E-state index < -0.39 is 5.60 Å². The largest absolute Gasteiger partial charge is 0.385 e. The van der Waals surface area contributed by atoms with Gasteiger partial charge in [0.1, 0.15) is 0 Å². The fourth-order valence-corrected chi connectivity index (χ4v) is 2.26. The van der Waals surface area contributed by atoms with Gasteiger partial charge in [-0.15, -0.1) is 0 Å². The zero-order chi connectivity index (χ0) is 10.7. The van der Waals surface area contributed by atoms with Crippen LogP contribution in [-0.2, 0) is 5.60 Å². The second-order valence-electron chi connectivity index (χ2n) is 4.33. The van der Waals surface area contributed by atoms with Crippen LogP contribution in [0.1, 0.15) is 43.7 Å². The van der Waals surface area contributed by atoms with Gasteiger partial charge in [-0.3, -0.25) is 0 Å². The highest BCUT2D eigenvalue weighted by Crippen LogP contribution is 2.37. The topological polar surface area (TPSA) is 20.2 Å². The molecule has 1 nitrogen and oxygen atoms in total. The van der Waals surface area contributed by atoms with E-state index in [-0.39, 0.29) is 0 Å². The summed E-state index contributed by atoms with van der Waals surface area (Å²) in [5, 5.41) is 10.6. The quantitative estimate of drug-likeness (QED) is 0.795. The second-order valence-corrected chi connectivity index (χ2v) is 4.33. The van der Waals surface area contributed by atoms with Crippen LogP contribution in [0.15, 0.2) is 30.3 Å². The van der Waals surface area contributed by atoms with Crippen molar-refractivity contribution in [2.75, 3.05) is 0 Å². The molecule has 0 fully saturated rings. The van der Waals surface area contributed by atoms with Gasteiger partial charge in [-0.05, 0) is 24.0 Å². The van der Waals surface area contributed by atoms with Crippen LogP contribution in [0.25, 0.3) is 6.08 Å². The van der Waals surface area contributed by atoms with Gasteiger partial charge < -0.3 is 5.11 Å². The number of benzene rings is 1. The smallest absolute Gasteiger partial charge is 0.0936 e. The first-order chi connectivity index (χ1) is 7.26. The molecule has 1 aliphatic carbocycles. The molecule has 0 bridgehead atoms. The summed E-state index contributed by atoms with van der Waals surface area (Å²) in [4.78, 5) is 0. The molecule has 1 aliphatic rings. The lowest BCUT2D eigenvalue weighted by Gasteiger charge is -2.31. The van der Waals surface area contributed by atoms with E-state index in [1.807, 2.05) is 12.1 Å². The summed E-state index contributed by atoms with van der Waals surface area (Å²) in [7, 11) is 0. The third kappa shape index (κ3) is 1.98. The zero-order valence-corrected chi connectivity index (χ0v) is 9.24. The van der Waals surface area contributed by atoms with Crippen molar-refractivity contribution in [3.8, 4) is 0 Å². The summed E-state index contributed by atoms with van der Waals surface area (Å²) < 4.78 is 0. The minimum atomic E-state index is -0.624. The summed E-state index contributed by atoms with van der Waals surface area (Å²) in [6.45, 7) is 2.16. The molecule has 0 amide bonds. The molecule has 1 heteroatoms. The average molecular weight is 202 g/mol. The lowest BCUT2D eigenvalue weighted by Crippen LogP contribution is -2.27. The summed E-state index contributed by atoms with van der Waals surface area (Å²) in [5.74, 6) is 0. The molecule has 15 heavy (non-hydrogen) atoms. The Hall–Kier alpha value is -1.08. The molecular weight excluding hydrogens is 184 g/mol. The molecule has 1 atom stereocenters. The number of hydrogen-bond donors (Lipinski definition) is 1. The van der Waals surface area contributed by atoms with Gasteiger partial charge in [-0.1, -0.05) is 56.2 Å². The Morgan fingerprint density at radius 3 is 2.93 bits per heavy atom. The van der Waals surface area contributed by atoms with E-state index >= 15 is 0 Å². The van der Waals surface area contributed by atoms with E-state index in [0.717, 1.165) is 31.2 Å². The Labute approximate surface area is 91.4 Å². The van der Waals surface area contributed by atoms with E-state index in [0.29, 0.717) is 0 Å². The van der Waals surface area contributed by atoms with Gasteiger partial charge in [0.2, 0.25) is 0 Å². The van der Waals surface area contributed by atoms with E-state index in [1.54, 1.807) is 0 Å². The molecule has 0 aliphatic heterocycles. The van der Waals surface area contributed by atoms with Crippen molar-refractivity contribution in [3.63, 3.8) is 0 Å². The zero-order valence-electron chi connectivity index (χ0n) is 9.24. The van der Waals surface area contributed by atoms with Gasteiger partial charge in [-0.2, -0.15) is 0 Å². The lowest BCUT2D eigenvalue weighted by molar-refractivity contribution is 0.0269. The Balaban J connectivity index is 2.32. The molecule has 1 unspecified atom stereocenters. The molecule has 0 radical (unpaired) electrons. The number of unbranched alkanes of at least 4 members (excludes halogenated alkanes) is 1.